The molecule has 0 aliphatic heterocycles. The minimum absolute atomic E-state index is 0.998. The average Bonchev–Trinajstić information content (AvgIpc) is 2.08. The second-order valence-electron chi connectivity index (χ2n) is 1.33. The maximum Gasteiger partial charge on any atom is 0.433 e. The first-order valence-electron chi connectivity index (χ1n) is 2.01. The van der Waals surface area contributed by atoms with Crippen LogP contribution in [-0.2, 0) is 6.18 Å². The molecule has 0 aliphatic carbocycles. The largest absolute Gasteiger partial charge is 0.433 e. The number of imidazole rings is 1. The predicted molar refractivity (Wildman–Crippen MR) is 21.3 cm³/mol. The van der Waals surface area contributed by atoms with Crippen molar-refractivity contribution in [1.82, 2.24) is 9.97 Å². The van der Waals surface area contributed by atoms with Crippen molar-refractivity contribution >= 4 is 0 Å². The molecule has 0 amide bonds. The van der Waals surface area contributed by atoms with Gasteiger partial charge in [0.25, 0.3) is 0 Å². The molecule has 1 aromatic heterocycles. The number of aromatic nitrogens is 2. The summed E-state index contributed by atoms with van der Waals surface area (Å²) in [5, 5.41) is 0. The van der Waals surface area contributed by atoms with E-state index in [0.717, 1.165) is 0 Å². The van der Waals surface area contributed by atoms with Gasteiger partial charge in [0, 0.05) is 0 Å². The van der Waals surface area contributed by atoms with E-state index in [1.165, 1.54) is 0 Å². The van der Waals surface area contributed by atoms with E-state index in [9.17, 15) is 13.2 Å². The Labute approximate surface area is 48.7 Å². The normalized spacial score (nSPS) is 11.9. The zero-order chi connectivity index (χ0) is 6.91. The van der Waals surface area contributed by atoms with Gasteiger partial charge in [-0.25, -0.2) is 4.98 Å². The van der Waals surface area contributed by atoms with Gasteiger partial charge in [-0.05, 0) is 0 Å². The molecule has 0 aliphatic rings. The summed E-state index contributed by atoms with van der Waals surface area (Å²) in [5.74, 6) is 0. The molecule has 9 heavy (non-hydrogen) atoms. The molecule has 0 bridgehead atoms. The summed E-state index contributed by atoms with van der Waals surface area (Å²) < 4.78 is 34.5. The van der Waals surface area contributed by atoms with Crippen molar-refractivity contribution in [3.63, 3.8) is 0 Å². The van der Waals surface area contributed by atoms with Gasteiger partial charge in [0.05, 0.1) is 0 Å². The van der Waals surface area contributed by atoms with E-state index in [2.05, 4.69) is 4.98 Å². The fourth-order valence-electron chi connectivity index (χ4n) is 0.330. The Morgan fingerprint density at radius 2 is 2.11 bits per heavy atom. The molecule has 0 fully saturated rings. The predicted octanol–water partition coefficient (Wildman–Crippen LogP) is 1.03. The third kappa shape index (κ3) is 1.22. The van der Waals surface area contributed by atoms with E-state index in [1.807, 2.05) is 6.33 Å². The Morgan fingerprint density at radius 1 is 1.44 bits per heavy atom. The maximum absolute atomic E-state index is 11.5. The number of alkyl halides is 3. The summed E-state index contributed by atoms with van der Waals surface area (Å²) in [4.78, 5) is 4.72. The molecule has 2 nitrogen and oxygen atoms in total. The van der Waals surface area contributed by atoms with Gasteiger partial charge in [0.2, 0.25) is 0 Å². The van der Waals surface area contributed by atoms with Gasteiger partial charge in [-0.15, -0.1) is 0 Å². The van der Waals surface area contributed by atoms with E-state index in [4.69, 9.17) is 0 Å². The fourth-order valence-corrected chi connectivity index (χ4v) is 0.330. The van der Waals surface area contributed by atoms with Crippen molar-refractivity contribution in [2.75, 3.05) is 0 Å². The zero-order valence-electron chi connectivity index (χ0n) is 4.08. The summed E-state index contributed by atoms with van der Waals surface area (Å²) in [7, 11) is 0. The lowest BCUT2D eigenvalue weighted by Gasteiger charge is -1.98. The van der Waals surface area contributed by atoms with Gasteiger partial charge in [-0.2, -0.15) is 13.2 Å². The molecule has 0 aromatic carbocycles. The van der Waals surface area contributed by atoms with E-state index >= 15 is 0 Å². The molecule has 5 heteroatoms. The Morgan fingerprint density at radius 3 is 2.33 bits per heavy atom. The van der Waals surface area contributed by atoms with Crippen molar-refractivity contribution in [2.24, 2.45) is 0 Å². The highest BCUT2D eigenvalue weighted by Gasteiger charge is 2.32. The van der Waals surface area contributed by atoms with E-state index < -0.39 is 11.9 Å². The lowest BCUT2D eigenvalue weighted by atomic mass is 10.5. The minimum atomic E-state index is -4.38. The molecular weight excluding hydrogens is 133 g/mol. The molecule has 2 radical (unpaired) electrons. The molecule has 48 valence electrons. The van der Waals surface area contributed by atoms with Crippen LogP contribution in [0.5, 0.6) is 0 Å². The van der Waals surface area contributed by atoms with Gasteiger partial charge in [0.15, 0.2) is 12.0 Å². The highest BCUT2D eigenvalue weighted by Crippen LogP contribution is 2.25. The number of nitrogens with zero attached hydrogens (tertiary/aromatic N) is 1. The van der Waals surface area contributed by atoms with Crippen molar-refractivity contribution in [2.45, 2.75) is 6.18 Å². The van der Waals surface area contributed by atoms with Crippen LogP contribution in [-0.4, -0.2) is 9.97 Å². The molecule has 1 N–H and O–H groups in total. The third-order valence-corrected chi connectivity index (χ3v) is 0.688. The second-order valence-corrected chi connectivity index (χ2v) is 1.33. The van der Waals surface area contributed by atoms with Crippen LogP contribution in [0.1, 0.15) is 5.69 Å². The van der Waals surface area contributed by atoms with Crippen molar-refractivity contribution in [3.8, 4) is 0 Å². The lowest BCUT2D eigenvalue weighted by molar-refractivity contribution is -0.141. The first-order valence-corrected chi connectivity index (χ1v) is 2.01. The average molecular weight is 134 g/mol. The van der Waals surface area contributed by atoms with E-state index in [-0.39, 0.29) is 0 Å². The van der Waals surface area contributed by atoms with Crippen LogP contribution in [0.25, 0.3) is 0 Å². The highest BCUT2D eigenvalue weighted by atomic mass is 19.4. The van der Waals surface area contributed by atoms with Crippen molar-refractivity contribution < 1.29 is 13.2 Å². The SMILES string of the molecule is FC(F)(F)c1[c]n[c][nH]1. The summed E-state index contributed by atoms with van der Waals surface area (Å²) >= 11 is 0. The second kappa shape index (κ2) is 1.75. The molecule has 1 heterocycles. The van der Waals surface area contributed by atoms with Crippen LogP contribution < -0.4 is 0 Å². The molecule has 0 saturated heterocycles. The van der Waals surface area contributed by atoms with E-state index in [1.54, 1.807) is 11.2 Å². The summed E-state index contributed by atoms with van der Waals surface area (Å²) in [6, 6.07) is 0. The molecular formula is C4HF3N2. The maximum atomic E-state index is 11.5. The van der Waals surface area contributed by atoms with Crippen LogP contribution in [0.4, 0.5) is 13.2 Å². The number of rotatable bonds is 0. The topological polar surface area (TPSA) is 28.7 Å². The molecule has 0 unspecified atom stereocenters. The van der Waals surface area contributed by atoms with Gasteiger partial charge < -0.3 is 4.98 Å². The Balaban J connectivity index is 2.90. The van der Waals surface area contributed by atoms with Crippen LogP contribution >= 0.6 is 0 Å². The van der Waals surface area contributed by atoms with Gasteiger partial charge in [-0.1, -0.05) is 0 Å². The number of hydrogen-bond acceptors (Lipinski definition) is 1. The quantitative estimate of drug-likeness (QED) is 0.564. The van der Waals surface area contributed by atoms with Crippen LogP contribution in [0, 0.1) is 12.5 Å². The van der Waals surface area contributed by atoms with Gasteiger partial charge >= 0.3 is 6.18 Å². The van der Waals surface area contributed by atoms with Crippen LogP contribution in [0.2, 0.25) is 0 Å². The Hall–Kier alpha value is -1.00. The van der Waals surface area contributed by atoms with Crippen LogP contribution in [0.3, 0.4) is 0 Å². The summed E-state index contributed by atoms with van der Waals surface area (Å²) in [6.45, 7) is 0. The molecule has 0 spiro atoms. The molecule has 0 saturated carbocycles. The molecule has 1 aromatic rings. The standard InChI is InChI=1S/C4HF3N2/c5-4(6,7)3-1-8-2-9-3/h(H,8,9). The van der Waals surface area contributed by atoms with E-state index in [0.29, 0.717) is 0 Å². The smallest absolute Gasteiger partial charge is 0.331 e. The zero-order valence-corrected chi connectivity index (χ0v) is 4.08. The number of hydrogen-bond donors (Lipinski definition) is 1. The van der Waals surface area contributed by atoms with Crippen LogP contribution in [0.15, 0.2) is 0 Å². The number of nitrogens with one attached hydrogen (secondary N) is 1. The molecule has 1 rings (SSSR count). The monoisotopic (exact) mass is 134 g/mol. The third-order valence-electron chi connectivity index (χ3n) is 0.688. The minimum Gasteiger partial charge on any atom is -0.331 e. The first kappa shape index (κ1) is 6.12. The first-order chi connectivity index (χ1) is 4.11. The number of aromatic amines is 1. The lowest BCUT2D eigenvalue weighted by Crippen LogP contribution is -2.04. The van der Waals surface area contributed by atoms with Gasteiger partial charge in [0.1, 0.15) is 6.20 Å². The summed E-state index contributed by atoms with van der Waals surface area (Å²) in [5.41, 5.74) is -0.998. The van der Waals surface area contributed by atoms with Gasteiger partial charge in [-0.3, -0.25) is 0 Å². The Bertz CT molecular complexity index is 176. The molecule has 0 atom stereocenters. The van der Waals surface area contributed by atoms with Crippen molar-refractivity contribution in [1.29, 1.82) is 0 Å². The van der Waals surface area contributed by atoms with Crippen molar-refractivity contribution in [3.05, 3.63) is 18.2 Å². The number of halogens is 3. The highest BCUT2D eigenvalue weighted by molar-refractivity contribution is 4.96. The Kier molecular flexibility index (Phi) is 1.19. The number of H-pyrrole nitrogens is 1. The summed E-state index contributed by atoms with van der Waals surface area (Å²) in [6.07, 6.45) is -0.805. The fraction of sp³-hybridized carbons (Fsp3) is 0.250.